The minimum absolute atomic E-state index is 0.0784. The monoisotopic (exact) mass is 266 g/mol. The largest absolute Gasteiger partial charge is 0.469 e. The van der Waals surface area contributed by atoms with Crippen molar-refractivity contribution < 1.29 is 19.1 Å². The first-order chi connectivity index (χ1) is 9.06. The van der Waals surface area contributed by atoms with Gasteiger partial charge in [0.2, 0.25) is 5.91 Å². The van der Waals surface area contributed by atoms with Crippen molar-refractivity contribution in [3.8, 4) is 0 Å². The molecule has 1 fully saturated rings. The highest BCUT2D eigenvalue weighted by molar-refractivity contribution is 5.97. The number of aliphatic hydroxyl groups is 1. The highest BCUT2D eigenvalue weighted by atomic mass is 16.3. The summed E-state index contributed by atoms with van der Waals surface area (Å²) in [6.07, 6.45) is 3.30. The Kier molecular flexibility index (Phi) is 3.90. The molecule has 0 aromatic carbocycles. The molecule has 2 rings (SSSR count). The number of hydrogen-bond donors (Lipinski definition) is 3. The van der Waals surface area contributed by atoms with E-state index in [2.05, 4.69) is 10.6 Å². The Labute approximate surface area is 111 Å². The molecule has 1 aromatic rings. The van der Waals surface area contributed by atoms with E-state index in [9.17, 15) is 9.59 Å². The molecule has 0 atom stereocenters. The number of nitrogens with one attached hydrogen (secondary N) is 2. The van der Waals surface area contributed by atoms with Crippen molar-refractivity contribution in [1.82, 2.24) is 10.6 Å². The van der Waals surface area contributed by atoms with Gasteiger partial charge in [-0.15, -0.1) is 0 Å². The Morgan fingerprint density at radius 1 is 1.42 bits per heavy atom. The summed E-state index contributed by atoms with van der Waals surface area (Å²) in [5.74, 6) is -0.0611. The molecule has 0 spiro atoms. The topological polar surface area (TPSA) is 91.6 Å². The van der Waals surface area contributed by atoms with Gasteiger partial charge in [0.15, 0.2) is 0 Å². The van der Waals surface area contributed by atoms with E-state index in [-0.39, 0.29) is 30.4 Å². The van der Waals surface area contributed by atoms with Gasteiger partial charge in [0.1, 0.15) is 5.76 Å². The normalized spacial score (nSPS) is 15.9. The maximum absolute atomic E-state index is 11.7. The average molecular weight is 266 g/mol. The van der Waals surface area contributed by atoms with E-state index in [1.807, 2.05) is 0 Å². The number of carbonyl (C=O) groups excluding carboxylic acids is 2. The van der Waals surface area contributed by atoms with Crippen molar-refractivity contribution in [3.05, 3.63) is 23.7 Å². The van der Waals surface area contributed by atoms with E-state index in [1.54, 1.807) is 13.0 Å². The van der Waals surface area contributed by atoms with E-state index in [4.69, 9.17) is 9.52 Å². The van der Waals surface area contributed by atoms with E-state index in [0.717, 1.165) is 12.8 Å². The smallest absolute Gasteiger partial charge is 0.255 e. The molecule has 1 aliphatic rings. The summed E-state index contributed by atoms with van der Waals surface area (Å²) in [5.41, 5.74) is 0.308. The van der Waals surface area contributed by atoms with Crippen molar-refractivity contribution in [2.45, 2.75) is 19.8 Å². The number of furan rings is 1. The van der Waals surface area contributed by atoms with Gasteiger partial charge < -0.3 is 20.2 Å². The Morgan fingerprint density at radius 2 is 2.16 bits per heavy atom. The lowest BCUT2D eigenvalue weighted by Crippen LogP contribution is -2.39. The van der Waals surface area contributed by atoms with Crippen LogP contribution in [0, 0.1) is 12.3 Å². The lowest BCUT2D eigenvalue weighted by atomic mass is 10.1. The van der Waals surface area contributed by atoms with Crippen LogP contribution in [0.3, 0.4) is 0 Å². The summed E-state index contributed by atoms with van der Waals surface area (Å²) in [6, 6.07) is 1.56. The van der Waals surface area contributed by atoms with Gasteiger partial charge in [-0.05, 0) is 25.8 Å². The highest BCUT2D eigenvalue weighted by Crippen LogP contribution is 2.44. The summed E-state index contributed by atoms with van der Waals surface area (Å²) in [7, 11) is 0. The molecule has 1 saturated carbocycles. The van der Waals surface area contributed by atoms with Gasteiger partial charge in [-0.1, -0.05) is 0 Å². The number of carbonyl (C=O) groups is 2. The van der Waals surface area contributed by atoms with Gasteiger partial charge in [0.25, 0.3) is 5.91 Å². The van der Waals surface area contributed by atoms with Crippen LogP contribution in [0.25, 0.3) is 0 Å². The lowest BCUT2D eigenvalue weighted by Gasteiger charge is -2.12. The first-order valence-corrected chi connectivity index (χ1v) is 6.26. The van der Waals surface area contributed by atoms with E-state index in [0.29, 0.717) is 17.9 Å². The van der Waals surface area contributed by atoms with E-state index in [1.165, 1.54) is 6.26 Å². The second kappa shape index (κ2) is 5.44. The molecule has 1 aliphatic carbocycles. The molecule has 0 unspecified atom stereocenters. The van der Waals surface area contributed by atoms with Crippen LogP contribution < -0.4 is 10.6 Å². The maximum Gasteiger partial charge on any atom is 0.255 e. The molecule has 3 N–H and O–H groups in total. The Bertz CT molecular complexity index is 477. The zero-order valence-electron chi connectivity index (χ0n) is 10.9. The predicted molar refractivity (Wildman–Crippen MR) is 67.5 cm³/mol. The van der Waals surface area contributed by atoms with Gasteiger partial charge >= 0.3 is 0 Å². The Morgan fingerprint density at radius 3 is 2.68 bits per heavy atom. The molecule has 104 valence electrons. The quantitative estimate of drug-likeness (QED) is 0.686. The van der Waals surface area contributed by atoms with Crippen LogP contribution >= 0.6 is 0 Å². The van der Waals surface area contributed by atoms with Crippen molar-refractivity contribution in [2.24, 2.45) is 5.41 Å². The minimum atomic E-state index is -0.329. The fourth-order valence-electron chi connectivity index (χ4n) is 1.79. The van der Waals surface area contributed by atoms with Crippen LogP contribution in [0.1, 0.15) is 29.0 Å². The number of amides is 2. The molecular weight excluding hydrogens is 248 g/mol. The first kappa shape index (κ1) is 13.6. The van der Waals surface area contributed by atoms with Gasteiger partial charge in [0, 0.05) is 12.0 Å². The third-order valence-electron chi connectivity index (χ3n) is 3.47. The number of aryl methyl sites for hydroxylation is 1. The predicted octanol–water partition coefficient (Wildman–Crippen LogP) is 0.207. The van der Waals surface area contributed by atoms with Gasteiger partial charge in [-0.25, -0.2) is 0 Å². The average Bonchev–Trinajstić information content (AvgIpc) is 3.08. The lowest BCUT2D eigenvalue weighted by molar-refractivity contribution is -0.120. The SMILES string of the molecule is Cc1occc1C(=O)NCC(=O)NCC1(CO)CC1. The Hall–Kier alpha value is -1.82. The number of hydrogen-bond acceptors (Lipinski definition) is 4. The summed E-state index contributed by atoms with van der Waals surface area (Å²) in [6.45, 7) is 2.16. The van der Waals surface area contributed by atoms with Crippen LogP contribution in [-0.2, 0) is 4.79 Å². The second-order valence-electron chi connectivity index (χ2n) is 5.01. The molecule has 0 radical (unpaired) electrons. The van der Waals surface area contributed by atoms with Crippen LogP contribution in [0.15, 0.2) is 16.7 Å². The summed E-state index contributed by atoms with van der Waals surface area (Å²) >= 11 is 0. The van der Waals surface area contributed by atoms with Crippen molar-refractivity contribution in [1.29, 1.82) is 0 Å². The summed E-state index contributed by atoms with van der Waals surface area (Å²) in [4.78, 5) is 23.3. The maximum atomic E-state index is 11.7. The third-order valence-corrected chi connectivity index (χ3v) is 3.47. The molecule has 6 heteroatoms. The van der Waals surface area contributed by atoms with Gasteiger partial charge in [0.05, 0.1) is 25.0 Å². The third kappa shape index (κ3) is 3.35. The minimum Gasteiger partial charge on any atom is -0.469 e. The fraction of sp³-hybridized carbons (Fsp3) is 0.538. The zero-order valence-corrected chi connectivity index (χ0v) is 10.9. The molecule has 0 aliphatic heterocycles. The van der Waals surface area contributed by atoms with Gasteiger partial charge in [-0.3, -0.25) is 9.59 Å². The fourth-order valence-corrected chi connectivity index (χ4v) is 1.79. The molecule has 0 saturated heterocycles. The molecular formula is C13H18N2O4. The molecule has 0 bridgehead atoms. The van der Waals surface area contributed by atoms with E-state index < -0.39 is 0 Å². The highest BCUT2D eigenvalue weighted by Gasteiger charge is 2.41. The molecule has 1 heterocycles. The van der Waals surface area contributed by atoms with Crippen LogP contribution in [-0.4, -0.2) is 36.6 Å². The summed E-state index contributed by atoms with van der Waals surface area (Å²) < 4.78 is 5.02. The van der Waals surface area contributed by atoms with Crippen molar-refractivity contribution >= 4 is 11.8 Å². The molecule has 2 amide bonds. The standard InChI is InChI=1S/C13H18N2O4/c1-9-10(2-5-19-9)12(18)14-6-11(17)15-7-13(8-16)3-4-13/h2,5,16H,3-4,6-8H2,1H3,(H,14,18)(H,15,17). The Balaban J connectivity index is 1.72. The van der Waals surface area contributed by atoms with E-state index >= 15 is 0 Å². The number of rotatable bonds is 6. The van der Waals surface area contributed by atoms with Crippen molar-refractivity contribution in [3.63, 3.8) is 0 Å². The molecule has 19 heavy (non-hydrogen) atoms. The van der Waals surface area contributed by atoms with Gasteiger partial charge in [-0.2, -0.15) is 0 Å². The zero-order chi connectivity index (χ0) is 13.9. The van der Waals surface area contributed by atoms with Crippen molar-refractivity contribution in [2.75, 3.05) is 19.7 Å². The second-order valence-corrected chi connectivity index (χ2v) is 5.01. The van der Waals surface area contributed by atoms with Crippen LogP contribution in [0.4, 0.5) is 0 Å². The number of aliphatic hydroxyl groups excluding tert-OH is 1. The summed E-state index contributed by atoms with van der Waals surface area (Å²) in [5, 5.41) is 14.4. The molecule has 1 aromatic heterocycles. The molecule has 6 nitrogen and oxygen atoms in total. The first-order valence-electron chi connectivity index (χ1n) is 6.26. The van der Waals surface area contributed by atoms with Crippen LogP contribution in [0.5, 0.6) is 0 Å². The van der Waals surface area contributed by atoms with Crippen LogP contribution in [0.2, 0.25) is 0 Å².